The Morgan fingerprint density at radius 1 is 1.26 bits per heavy atom. The Morgan fingerprint density at radius 2 is 2.11 bits per heavy atom. The maximum atomic E-state index is 8.86. The molecule has 2 aromatic heterocycles. The number of benzene rings is 1. The van der Waals surface area contributed by atoms with Crippen LogP contribution in [0.25, 0.3) is 16.4 Å². The second-order valence-electron chi connectivity index (χ2n) is 4.30. The van der Waals surface area contributed by atoms with Crippen LogP contribution in [0.1, 0.15) is 5.69 Å². The summed E-state index contributed by atoms with van der Waals surface area (Å²) >= 11 is 0. The van der Waals surface area contributed by atoms with Crippen LogP contribution in [0.2, 0.25) is 0 Å². The van der Waals surface area contributed by atoms with Gasteiger partial charge in [0, 0.05) is 11.6 Å². The third kappa shape index (κ3) is 2.08. The van der Waals surface area contributed by atoms with Gasteiger partial charge in [-0.3, -0.25) is 4.99 Å². The molecule has 5 heteroatoms. The molecule has 96 valence electrons. The molecule has 3 aromatic rings. The molecule has 0 saturated carbocycles. The van der Waals surface area contributed by atoms with Crippen LogP contribution in [0, 0.1) is 6.92 Å². The Balaban J connectivity index is 2.38. The minimum absolute atomic E-state index is 0.0157. The van der Waals surface area contributed by atoms with Crippen LogP contribution in [-0.2, 0) is 0 Å². The van der Waals surface area contributed by atoms with E-state index < -0.39 is 0 Å². The van der Waals surface area contributed by atoms with Gasteiger partial charge in [0.2, 0.25) is 0 Å². The van der Waals surface area contributed by atoms with E-state index in [1.807, 2.05) is 43.5 Å². The smallest absolute Gasteiger partial charge is 0.173 e. The molecule has 0 bridgehead atoms. The molecule has 3 rings (SSSR count). The highest BCUT2D eigenvalue weighted by Crippen LogP contribution is 2.16. The summed E-state index contributed by atoms with van der Waals surface area (Å²) in [6, 6.07) is 10.1. The van der Waals surface area contributed by atoms with Gasteiger partial charge < -0.3 is 5.11 Å². The van der Waals surface area contributed by atoms with Gasteiger partial charge in [-0.1, -0.05) is 24.3 Å². The summed E-state index contributed by atoms with van der Waals surface area (Å²) in [6.45, 7) is 2.23. The average molecular weight is 254 g/mol. The van der Waals surface area contributed by atoms with Crippen LogP contribution in [0.4, 0.5) is 0 Å². The number of nitrogens with zero attached hydrogens (tertiary/aromatic N) is 4. The van der Waals surface area contributed by atoms with E-state index in [0.29, 0.717) is 12.0 Å². The number of fused-ring (bicyclic) bond motifs is 3. The molecule has 1 aromatic carbocycles. The van der Waals surface area contributed by atoms with Crippen molar-refractivity contribution in [2.24, 2.45) is 4.99 Å². The Bertz CT molecular complexity index is 807. The van der Waals surface area contributed by atoms with Crippen LogP contribution in [0.5, 0.6) is 0 Å². The first-order valence-corrected chi connectivity index (χ1v) is 6.16. The quantitative estimate of drug-likeness (QED) is 0.696. The van der Waals surface area contributed by atoms with Crippen LogP contribution in [0.15, 0.2) is 41.5 Å². The standard InChI is InChI=1S/C14H14N4O/c1-10-13(15-7-9-19)16-14-12-5-3-2-4-11(12)6-8-18(14)17-10/h2-6,8,19H,7,9H2,1H3. The Labute approximate surface area is 109 Å². The van der Waals surface area contributed by atoms with E-state index in [1.54, 1.807) is 4.52 Å². The maximum Gasteiger partial charge on any atom is 0.173 e. The summed E-state index contributed by atoms with van der Waals surface area (Å²) < 4.78 is 1.76. The lowest BCUT2D eigenvalue weighted by atomic mass is 10.2. The summed E-state index contributed by atoms with van der Waals surface area (Å²) in [7, 11) is 0. The summed E-state index contributed by atoms with van der Waals surface area (Å²) in [4.78, 5) is 8.81. The van der Waals surface area contributed by atoms with Gasteiger partial charge >= 0.3 is 0 Å². The molecule has 0 radical (unpaired) electrons. The Kier molecular flexibility index (Phi) is 2.97. The van der Waals surface area contributed by atoms with Crippen molar-refractivity contribution < 1.29 is 5.11 Å². The minimum Gasteiger partial charge on any atom is -0.394 e. The van der Waals surface area contributed by atoms with Gasteiger partial charge in [0.05, 0.1) is 13.2 Å². The fourth-order valence-corrected chi connectivity index (χ4v) is 2.08. The number of aromatic nitrogens is 3. The summed E-state index contributed by atoms with van der Waals surface area (Å²) in [5.74, 6) is 0. The number of aliphatic hydroxyl groups is 1. The van der Waals surface area contributed by atoms with Crippen molar-refractivity contribution in [2.75, 3.05) is 13.2 Å². The first-order valence-electron chi connectivity index (χ1n) is 6.16. The Morgan fingerprint density at radius 3 is 2.95 bits per heavy atom. The van der Waals surface area contributed by atoms with E-state index in [-0.39, 0.29) is 6.61 Å². The monoisotopic (exact) mass is 254 g/mol. The maximum absolute atomic E-state index is 8.86. The largest absolute Gasteiger partial charge is 0.394 e. The number of rotatable bonds is 2. The molecular weight excluding hydrogens is 240 g/mol. The van der Waals surface area contributed by atoms with Crippen molar-refractivity contribution in [3.8, 4) is 0 Å². The molecular formula is C14H14N4O. The molecule has 1 N–H and O–H groups in total. The molecule has 5 nitrogen and oxygen atoms in total. The molecule has 0 spiro atoms. The summed E-state index contributed by atoms with van der Waals surface area (Å²) in [6.07, 6.45) is 1.90. The summed E-state index contributed by atoms with van der Waals surface area (Å²) in [5, 5.41) is 15.5. The molecule has 0 atom stereocenters. The van der Waals surface area contributed by atoms with E-state index in [0.717, 1.165) is 22.1 Å². The summed E-state index contributed by atoms with van der Waals surface area (Å²) in [5.41, 5.74) is 2.12. The van der Waals surface area contributed by atoms with Crippen molar-refractivity contribution in [3.05, 3.63) is 47.7 Å². The van der Waals surface area contributed by atoms with Gasteiger partial charge in [-0.15, -0.1) is 0 Å². The lowest BCUT2D eigenvalue weighted by Crippen LogP contribution is -2.19. The molecule has 0 aliphatic heterocycles. The van der Waals surface area contributed by atoms with Gasteiger partial charge in [-0.2, -0.15) is 5.10 Å². The zero-order valence-electron chi connectivity index (χ0n) is 10.6. The van der Waals surface area contributed by atoms with Crippen LogP contribution >= 0.6 is 0 Å². The van der Waals surface area contributed by atoms with Crippen molar-refractivity contribution in [1.82, 2.24) is 14.6 Å². The number of hydrogen-bond acceptors (Lipinski definition) is 4. The molecule has 0 fully saturated rings. The SMILES string of the molecule is Cc1nn2ccc3ccccc3c2nc1=NCCO. The highest BCUT2D eigenvalue weighted by Gasteiger charge is 2.03. The molecule has 19 heavy (non-hydrogen) atoms. The van der Waals surface area contributed by atoms with Crippen LogP contribution in [-0.4, -0.2) is 32.9 Å². The van der Waals surface area contributed by atoms with Gasteiger partial charge in [0.15, 0.2) is 11.1 Å². The van der Waals surface area contributed by atoms with E-state index in [9.17, 15) is 0 Å². The average Bonchev–Trinajstić information content (AvgIpc) is 2.45. The van der Waals surface area contributed by atoms with E-state index >= 15 is 0 Å². The van der Waals surface area contributed by atoms with E-state index in [1.165, 1.54) is 0 Å². The molecule has 2 heterocycles. The molecule has 0 unspecified atom stereocenters. The van der Waals surface area contributed by atoms with Gasteiger partial charge in [0.1, 0.15) is 5.69 Å². The fourth-order valence-electron chi connectivity index (χ4n) is 2.08. The van der Waals surface area contributed by atoms with Crippen molar-refractivity contribution in [3.63, 3.8) is 0 Å². The van der Waals surface area contributed by atoms with Gasteiger partial charge in [-0.05, 0) is 18.4 Å². The zero-order valence-corrected chi connectivity index (χ0v) is 10.6. The second kappa shape index (κ2) is 4.78. The molecule has 0 aliphatic rings. The van der Waals surface area contributed by atoms with Gasteiger partial charge in [0.25, 0.3) is 0 Å². The molecule has 0 amide bonds. The predicted octanol–water partition coefficient (Wildman–Crippen LogP) is 1.08. The van der Waals surface area contributed by atoms with E-state index in [4.69, 9.17) is 5.11 Å². The van der Waals surface area contributed by atoms with Crippen LogP contribution in [0.3, 0.4) is 0 Å². The van der Waals surface area contributed by atoms with Crippen molar-refractivity contribution >= 4 is 16.4 Å². The normalized spacial score (nSPS) is 12.4. The Hall–Kier alpha value is -2.27. The molecule has 0 aliphatic carbocycles. The lowest BCUT2D eigenvalue weighted by Gasteiger charge is -2.05. The number of aryl methyl sites for hydroxylation is 1. The third-order valence-electron chi connectivity index (χ3n) is 2.97. The third-order valence-corrected chi connectivity index (χ3v) is 2.97. The van der Waals surface area contributed by atoms with Gasteiger partial charge in [-0.25, -0.2) is 9.50 Å². The highest BCUT2D eigenvalue weighted by atomic mass is 16.3. The van der Waals surface area contributed by atoms with E-state index in [2.05, 4.69) is 15.1 Å². The van der Waals surface area contributed by atoms with Crippen LogP contribution < -0.4 is 5.49 Å². The second-order valence-corrected chi connectivity index (χ2v) is 4.30. The number of pyridine rings is 1. The molecule has 0 saturated heterocycles. The van der Waals surface area contributed by atoms with Crippen molar-refractivity contribution in [1.29, 1.82) is 0 Å². The first kappa shape index (κ1) is 11.8. The zero-order chi connectivity index (χ0) is 13.2. The topological polar surface area (TPSA) is 62.8 Å². The first-order chi connectivity index (χ1) is 9.29. The highest BCUT2D eigenvalue weighted by molar-refractivity contribution is 5.93. The van der Waals surface area contributed by atoms with Crippen molar-refractivity contribution in [2.45, 2.75) is 6.92 Å². The fraction of sp³-hybridized carbons (Fsp3) is 0.214. The number of aliphatic hydroxyl groups excluding tert-OH is 1. The minimum atomic E-state index is 0.0157. The lowest BCUT2D eigenvalue weighted by molar-refractivity contribution is 0.305. The number of hydrogen-bond donors (Lipinski definition) is 1. The predicted molar refractivity (Wildman–Crippen MR) is 72.7 cm³/mol.